The maximum absolute atomic E-state index is 11.9. The molecule has 1 aromatic carbocycles. The first-order chi connectivity index (χ1) is 11.7. The Morgan fingerprint density at radius 3 is 2.75 bits per heavy atom. The minimum Gasteiger partial charge on any atom is -0.486 e. The van der Waals surface area contributed by atoms with Crippen LogP contribution in [0.4, 0.5) is 0 Å². The summed E-state index contributed by atoms with van der Waals surface area (Å²) in [4.78, 5) is 18.4. The smallest absolute Gasteiger partial charge is 0.305 e. The molecule has 0 aliphatic carbocycles. The van der Waals surface area contributed by atoms with Gasteiger partial charge in [-0.05, 0) is 37.7 Å². The highest BCUT2D eigenvalue weighted by Crippen LogP contribution is 2.35. The topological polar surface area (TPSA) is 54.6 Å². The van der Waals surface area contributed by atoms with Gasteiger partial charge in [-0.25, -0.2) is 0 Å². The van der Waals surface area contributed by atoms with E-state index >= 15 is 0 Å². The molecule has 0 radical (unpaired) electrons. The van der Waals surface area contributed by atoms with Crippen LogP contribution in [0, 0.1) is 0 Å². The summed E-state index contributed by atoms with van der Waals surface area (Å²) >= 11 is 1.30. The third-order valence-electron chi connectivity index (χ3n) is 4.19. The first-order valence-electron chi connectivity index (χ1n) is 8.55. The summed E-state index contributed by atoms with van der Waals surface area (Å²) in [6.07, 6.45) is 2.35. The lowest BCUT2D eigenvalue weighted by Crippen LogP contribution is -2.23. The zero-order valence-electron chi connectivity index (χ0n) is 14.3. The van der Waals surface area contributed by atoms with Crippen LogP contribution in [-0.4, -0.2) is 36.2 Å². The molecule has 3 rings (SSSR count). The van der Waals surface area contributed by atoms with Gasteiger partial charge in [0.2, 0.25) is 0 Å². The van der Waals surface area contributed by atoms with Crippen LogP contribution >= 0.6 is 11.3 Å². The van der Waals surface area contributed by atoms with Crippen LogP contribution in [0.1, 0.15) is 31.6 Å². The van der Waals surface area contributed by atoms with Crippen LogP contribution in [0.5, 0.6) is 11.5 Å². The van der Waals surface area contributed by atoms with E-state index < -0.39 is 0 Å². The molecule has 1 aromatic heterocycles. The molecular weight excluding hydrogens is 324 g/mol. The highest BCUT2D eigenvalue weighted by molar-refractivity contribution is 7.09. The Hall–Kier alpha value is -1.79. The van der Waals surface area contributed by atoms with Crippen LogP contribution in [0.3, 0.4) is 0 Å². The number of thiazole rings is 1. The first kappa shape index (κ1) is 17.0. The third-order valence-corrected chi connectivity index (χ3v) is 5.06. The minimum atomic E-state index is -0.0126. The van der Waals surface area contributed by atoms with Gasteiger partial charge in [0.05, 0.1) is 5.69 Å². The molecule has 2 heterocycles. The van der Waals surface area contributed by atoms with Crippen molar-refractivity contribution in [3.63, 3.8) is 0 Å². The summed E-state index contributed by atoms with van der Waals surface area (Å²) < 4.78 is 11.2. The van der Waals surface area contributed by atoms with Crippen LogP contribution in [0.25, 0.3) is 11.3 Å². The monoisotopic (exact) mass is 348 g/mol. The second-order valence-corrected chi connectivity index (χ2v) is 6.96. The van der Waals surface area contributed by atoms with Gasteiger partial charge in [0.25, 0.3) is 0 Å². The fourth-order valence-electron chi connectivity index (χ4n) is 2.84. The standard InChI is InChI=1S/C18H24N2O3S/c1-3-5-8-20(4-2)12-16-17(19-18(21)24-16)13-6-7-14-15(11-13)23-10-9-22-14/h6-7,11H,3-5,8-10,12H2,1-2H3,(H,19,21). The van der Waals surface area contributed by atoms with E-state index in [9.17, 15) is 4.79 Å². The molecule has 0 fully saturated rings. The number of nitrogens with zero attached hydrogens (tertiary/aromatic N) is 1. The van der Waals surface area contributed by atoms with Gasteiger partial charge in [0.1, 0.15) is 13.2 Å². The lowest BCUT2D eigenvalue weighted by Gasteiger charge is -2.21. The molecule has 0 atom stereocenters. The molecule has 0 unspecified atom stereocenters. The number of nitrogens with one attached hydrogen (secondary N) is 1. The number of benzene rings is 1. The summed E-state index contributed by atoms with van der Waals surface area (Å²) in [5, 5.41) is 0. The fourth-order valence-corrected chi connectivity index (χ4v) is 3.73. The number of hydrogen-bond acceptors (Lipinski definition) is 5. The quantitative estimate of drug-likeness (QED) is 0.832. The summed E-state index contributed by atoms with van der Waals surface area (Å²) in [6, 6.07) is 5.86. The van der Waals surface area contributed by atoms with Gasteiger partial charge in [-0.3, -0.25) is 9.69 Å². The Morgan fingerprint density at radius 1 is 1.21 bits per heavy atom. The SMILES string of the molecule is CCCCN(CC)Cc1sc(=O)[nH]c1-c1ccc2c(c1)OCCO2. The van der Waals surface area contributed by atoms with Crippen molar-refractivity contribution < 1.29 is 9.47 Å². The van der Waals surface area contributed by atoms with Crippen LogP contribution in [0.2, 0.25) is 0 Å². The van der Waals surface area contributed by atoms with E-state index in [1.807, 2.05) is 18.2 Å². The number of hydrogen-bond donors (Lipinski definition) is 1. The van der Waals surface area contributed by atoms with Crippen molar-refractivity contribution in [2.45, 2.75) is 33.2 Å². The van der Waals surface area contributed by atoms with Gasteiger partial charge < -0.3 is 14.5 Å². The van der Waals surface area contributed by atoms with E-state index in [1.165, 1.54) is 24.2 Å². The molecule has 0 spiro atoms. The molecule has 1 aliphatic heterocycles. The van der Waals surface area contributed by atoms with Crippen molar-refractivity contribution in [3.05, 3.63) is 32.7 Å². The molecule has 5 nitrogen and oxygen atoms in total. The number of aromatic amines is 1. The maximum Gasteiger partial charge on any atom is 0.305 e. The van der Waals surface area contributed by atoms with Crippen molar-refractivity contribution in [1.82, 2.24) is 9.88 Å². The molecule has 0 saturated heterocycles. The number of aromatic nitrogens is 1. The van der Waals surface area contributed by atoms with E-state index in [-0.39, 0.29) is 4.87 Å². The number of ether oxygens (including phenoxy) is 2. The van der Waals surface area contributed by atoms with Gasteiger partial charge in [0, 0.05) is 17.0 Å². The van der Waals surface area contributed by atoms with Gasteiger partial charge in [-0.1, -0.05) is 31.6 Å². The second kappa shape index (κ2) is 7.85. The summed E-state index contributed by atoms with van der Waals surface area (Å²) in [5.74, 6) is 1.51. The normalized spacial score (nSPS) is 13.5. The lowest BCUT2D eigenvalue weighted by molar-refractivity contribution is 0.171. The summed E-state index contributed by atoms with van der Waals surface area (Å²) in [7, 11) is 0. The number of unbranched alkanes of at least 4 members (excludes halogenated alkanes) is 1. The highest BCUT2D eigenvalue weighted by atomic mass is 32.1. The Bertz CT molecular complexity index is 738. The van der Waals surface area contributed by atoms with E-state index in [1.54, 1.807) is 0 Å². The molecule has 0 bridgehead atoms. The molecule has 1 N–H and O–H groups in total. The first-order valence-corrected chi connectivity index (χ1v) is 9.37. The molecule has 0 saturated carbocycles. The number of H-pyrrole nitrogens is 1. The molecule has 1 aliphatic rings. The Balaban J connectivity index is 1.87. The number of fused-ring (bicyclic) bond motifs is 1. The van der Waals surface area contributed by atoms with Gasteiger partial charge in [-0.2, -0.15) is 0 Å². The summed E-state index contributed by atoms with van der Waals surface area (Å²) in [5.41, 5.74) is 1.87. The molecule has 130 valence electrons. The molecule has 24 heavy (non-hydrogen) atoms. The van der Waals surface area contributed by atoms with Crippen LogP contribution in [-0.2, 0) is 6.54 Å². The number of rotatable bonds is 7. The molecule has 6 heteroatoms. The van der Waals surface area contributed by atoms with Crippen LogP contribution < -0.4 is 14.3 Å². The van der Waals surface area contributed by atoms with Crippen molar-refractivity contribution >= 4 is 11.3 Å². The predicted octanol–water partition coefficient (Wildman–Crippen LogP) is 3.50. The fraction of sp³-hybridized carbons (Fsp3) is 0.500. The average Bonchev–Trinajstić information content (AvgIpc) is 2.98. The summed E-state index contributed by atoms with van der Waals surface area (Å²) in [6.45, 7) is 8.33. The Labute approximate surface area is 146 Å². The van der Waals surface area contributed by atoms with Crippen molar-refractivity contribution in [3.8, 4) is 22.8 Å². The third kappa shape index (κ3) is 3.82. The Kier molecular flexibility index (Phi) is 5.58. The zero-order valence-corrected chi connectivity index (χ0v) is 15.1. The van der Waals surface area contributed by atoms with E-state index in [2.05, 4.69) is 23.7 Å². The molecule has 2 aromatic rings. The average molecular weight is 348 g/mol. The van der Waals surface area contributed by atoms with Crippen molar-refractivity contribution in [2.75, 3.05) is 26.3 Å². The van der Waals surface area contributed by atoms with E-state index in [0.717, 1.165) is 47.3 Å². The largest absolute Gasteiger partial charge is 0.486 e. The van der Waals surface area contributed by atoms with Crippen molar-refractivity contribution in [1.29, 1.82) is 0 Å². The molecule has 0 amide bonds. The highest BCUT2D eigenvalue weighted by Gasteiger charge is 2.17. The predicted molar refractivity (Wildman–Crippen MR) is 97.2 cm³/mol. The molecular formula is C18H24N2O3S. The Morgan fingerprint density at radius 2 is 2.00 bits per heavy atom. The van der Waals surface area contributed by atoms with E-state index in [0.29, 0.717) is 13.2 Å². The maximum atomic E-state index is 11.9. The van der Waals surface area contributed by atoms with Gasteiger partial charge in [-0.15, -0.1) is 0 Å². The van der Waals surface area contributed by atoms with E-state index in [4.69, 9.17) is 9.47 Å². The van der Waals surface area contributed by atoms with Gasteiger partial charge in [0.15, 0.2) is 11.5 Å². The van der Waals surface area contributed by atoms with Crippen LogP contribution in [0.15, 0.2) is 23.0 Å². The lowest BCUT2D eigenvalue weighted by atomic mass is 10.1. The minimum absolute atomic E-state index is 0.0126. The van der Waals surface area contributed by atoms with Crippen molar-refractivity contribution in [2.24, 2.45) is 0 Å². The second-order valence-electron chi connectivity index (χ2n) is 5.89. The zero-order chi connectivity index (χ0) is 16.9. The van der Waals surface area contributed by atoms with Gasteiger partial charge >= 0.3 is 4.87 Å².